The fourth-order valence-corrected chi connectivity index (χ4v) is 2.96. The molecule has 1 amide bonds. The van der Waals surface area contributed by atoms with Crippen LogP contribution in [0.3, 0.4) is 0 Å². The molecule has 0 unspecified atom stereocenters. The van der Waals surface area contributed by atoms with Gasteiger partial charge in [-0.25, -0.2) is 0 Å². The molecule has 2 heterocycles. The third-order valence-electron chi connectivity index (χ3n) is 3.98. The van der Waals surface area contributed by atoms with E-state index in [0.29, 0.717) is 0 Å². The molecule has 2 aromatic rings. The summed E-state index contributed by atoms with van der Waals surface area (Å²) in [7, 11) is 1.95. The Morgan fingerprint density at radius 3 is 3.00 bits per heavy atom. The number of para-hydroxylation sites is 1. The first-order chi connectivity index (χ1) is 9.22. The van der Waals surface area contributed by atoms with Crippen molar-refractivity contribution in [1.29, 1.82) is 0 Å². The van der Waals surface area contributed by atoms with Crippen molar-refractivity contribution in [2.24, 2.45) is 7.05 Å². The maximum absolute atomic E-state index is 12.6. The van der Waals surface area contributed by atoms with Gasteiger partial charge in [0, 0.05) is 30.7 Å². The van der Waals surface area contributed by atoms with E-state index in [1.165, 1.54) is 0 Å². The van der Waals surface area contributed by atoms with Crippen LogP contribution in [0.1, 0.15) is 23.2 Å². The number of amides is 1. The number of likely N-dealkylation sites (tertiary alicyclic amines) is 1. The van der Waals surface area contributed by atoms with Crippen LogP contribution < -0.4 is 0 Å². The number of aliphatic hydroxyl groups excluding tert-OH is 1. The minimum atomic E-state index is -0.0218. The van der Waals surface area contributed by atoms with E-state index in [0.717, 1.165) is 35.9 Å². The molecule has 1 saturated heterocycles. The number of rotatable bonds is 2. The summed E-state index contributed by atoms with van der Waals surface area (Å²) in [6.07, 6.45) is 3.76. The van der Waals surface area contributed by atoms with E-state index in [2.05, 4.69) is 0 Å². The van der Waals surface area contributed by atoms with E-state index < -0.39 is 0 Å². The number of aryl methyl sites for hydroxylation is 1. The zero-order chi connectivity index (χ0) is 13.4. The molecule has 1 N–H and O–H groups in total. The Kier molecular flexibility index (Phi) is 3.03. The Bertz CT molecular complexity index is 618. The second-order valence-corrected chi connectivity index (χ2v) is 5.15. The molecule has 100 valence electrons. The number of benzene rings is 1. The number of hydrogen-bond donors (Lipinski definition) is 1. The fourth-order valence-electron chi connectivity index (χ4n) is 2.96. The molecule has 1 aromatic carbocycles. The molecule has 0 bridgehead atoms. The van der Waals surface area contributed by atoms with Crippen LogP contribution in [0.25, 0.3) is 10.9 Å². The summed E-state index contributed by atoms with van der Waals surface area (Å²) in [5, 5.41) is 10.3. The first-order valence-corrected chi connectivity index (χ1v) is 6.68. The van der Waals surface area contributed by atoms with E-state index in [1.807, 2.05) is 47.0 Å². The third kappa shape index (κ3) is 1.92. The second kappa shape index (κ2) is 4.70. The largest absolute Gasteiger partial charge is 0.394 e. The quantitative estimate of drug-likeness (QED) is 0.892. The highest BCUT2D eigenvalue weighted by molar-refractivity contribution is 6.07. The maximum atomic E-state index is 12.6. The zero-order valence-corrected chi connectivity index (χ0v) is 11.0. The van der Waals surface area contributed by atoms with E-state index in [9.17, 15) is 9.90 Å². The minimum Gasteiger partial charge on any atom is -0.394 e. The first kappa shape index (κ1) is 12.2. The number of fused-ring (bicyclic) bond motifs is 1. The van der Waals surface area contributed by atoms with Gasteiger partial charge in [-0.1, -0.05) is 18.2 Å². The van der Waals surface area contributed by atoms with Crippen molar-refractivity contribution in [2.75, 3.05) is 13.2 Å². The average molecular weight is 258 g/mol. The molecular weight excluding hydrogens is 240 g/mol. The molecule has 1 atom stereocenters. The fraction of sp³-hybridized carbons (Fsp3) is 0.400. The van der Waals surface area contributed by atoms with Gasteiger partial charge in [-0.3, -0.25) is 4.79 Å². The summed E-state index contributed by atoms with van der Waals surface area (Å²) in [5.41, 5.74) is 1.80. The molecule has 1 aliphatic heterocycles. The number of hydrogen-bond acceptors (Lipinski definition) is 2. The van der Waals surface area contributed by atoms with Gasteiger partial charge in [0.2, 0.25) is 0 Å². The van der Waals surface area contributed by atoms with Gasteiger partial charge in [0.1, 0.15) is 0 Å². The zero-order valence-electron chi connectivity index (χ0n) is 11.0. The molecule has 0 radical (unpaired) electrons. The predicted octanol–water partition coefficient (Wildman–Crippen LogP) is 1.78. The number of nitrogens with zero attached hydrogens (tertiary/aromatic N) is 2. The molecule has 1 fully saturated rings. The van der Waals surface area contributed by atoms with Crippen molar-refractivity contribution in [3.05, 3.63) is 36.0 Å². The number of carbonyl (C=O) groups excluding carboxylic acids is 1. The van der Waals surface area contributed by atoms with Crippen LogP contribution >= 0.6 is 0 Å². The van der Waals surface area contributed by atoms with Crippen LogP contribution in [0, 0.1) is 0 Å². The summed E-state index contributed by atoms with van der Waals surface area (Å²) < 4.78 is 1.98. The van der Waals surface area contributed by atoms with Crippen molar-refractivity contribution in [3.63, 3.8) is 0 Å². The van der Waals surface area contributed by atoms with Gasteiger partial charge in [0.05, 0.1) is 18.2 Å². The van der Waals surface area contributed by atoms with Crippen molar-refractivity contribution in [1.82, 2.24) is 9.47 Å². The minimum absolute atomic E-state index is 0.0218. The topological polar surface area (TPSA) is 45.5 Å². The lowest BCUT2D eigenvalue weighted by Gasteiger charge is -2.22. The van der Waals surface area contributed by atoms with Crippen molar-refractivity contribution in [3.8, 4) is 0 Å². The molecule has 4 nitrogen and oxygen atoms in total. The molecule has 0 saturated carbocycles. The third-order valence-corrected chi connectivity index (χ3v) is 3.98. The maximum Gasteiger partial charge on any atom is 0.256 e. The van der Waals surface area contributed by atoms with Gasteiger partial charge in [-0.2, -0.15) is 0 Å². The summed E-state index contributed by atoms with van der Waals surface area (Å²) in [6, 6.07) is 7.90. The Morgan fingerprint density at radius 1 is 1.42 bits per heavy atom. The van der Waals surface area contributed by atoms with E-state index >= 15 is 0 Å². The van der Waals surface area contributed by atoms with Crippen LogP contribution in [-0.2, 0) is 7.05 Å². The highest BCUT2D eigenvalue weighted by atomic mass is 16.3. The lowest BCUT2D eigenvalue weighted by Crippen LogP contribution is -2.37. The Morgan fingerprint density at radius 2 is 2.21 bits per heavy atom. The standard InChI is InChI=1S/C15H18N2O2/c1-16-9-13(12-6-2-3-7-14(12)16)15(19)17-8-4-5-11(17)10-18/h2-3,6-7,9,11,18H,4-5,8,10H2,1H3/t11-/m0/s1. The lowest BCUT2D eigenvalue weighted by atomic mass is 10.1. The van der Waals surface area contributed by atoms with Crippen LogP contribution in [0.5, 0.6) is 0 Å². The normalized spacial score (nSPS) is 19.3. The van der Waals surface area contributed by atoms with Crippen LogP contribution in [0.2, 0.25) is 0 Å². The van der Waals surface area contributed by atoms with Crippen molar-refractivity contribution >= 4 is 16.8 Å². The molecule has 1 aromatic heterocycles. The van der Waals surface area contributed by atoms with Crippen LogP contribution in [0.15, 0.2) is 30.5 Å². The van der Waals surface area contributed by atoms with Crippen LogP contribution in [0.4, 0.5) is 0 Å². The summed E-state index contributed by atoms with van der Waals surface area (Å²) in [6.45, 7) is 0.795. The molecule has 4 heteroatoms. The van der Waals surface area contributed by atoms with Gasteiger partial charge in [0.25, 0.3) is 5.91 Å². The summed E-state index contributed by atoms with van der Waals surface area (Å²) in [4.78, 5) is 14.5. The molecule has 1 aliphatic rings. The Balaban J connectivity index is 2.02. The highest BCUT2D eigenvalue weighted by Gasteiger charge is 2.30. The van der Waals surface area contributed by atoms with E-state index in [-0.39, 0.29) is 18.6 Å². The number of aromatic nitrogens is 1. The van der Waals surface area contributed by atoms with E-state index in [4.69, 9.17) is 0 Å². The molecule has 0 spiro atoms. The highest BCUT2D eigenvalue weighted by Crippen LogP contribution is 2.25. The van der Waals surface area contributed by atoms with Gasteiger partial charge in [-0.15, -0.1) is 0 Å². The van der Waals surface area contributed by atoms with E-state index in [1.54, 1.807) is 0 Å². The van der Waals surface area contributed by atoms with Gasteiger partial charge in [0.15, 0.2) is 0 Å². The Hall–Kier alpha value is -1.81. The van der Waals surface area contributed by atoms with Gasteiger partial charge >= 0.3 is 0 Å². The molecule has 19 heavy (non-hydrogen) atoms. The monoisotopic (exact) mass is 258 g/mol. The van der Waals surface area contributed by atoms with Crippen LogP contribution in [-0.4, -0.2) is 39.7 Å². The van der Waals surface area contributed by atoms with Gasteiger partial charge < -0.3 is 14.6 Å². The second-order valence-electron chi connectivity index (χ2n) is 5.15. The summed E-state index contributed by atoms with van der Waals surface area (Å²) in [5.74, 6) is 0.0355. The predicted molar refractivity (Wildman–Crippen MR) is 74.1 cm³/mol. The molecule has 3 rings (SSSR count). The first-order valence-electron chi connectivity index (χ1n) is 6.68. The van der Waals surface area contributed by atoms with Crippen molar-refractivity contribution in [2.45, 2.75) is 18.9 Å². The molecular formula is C15H18N2O2. The average Bonchev–Trinajstić information content (AvgIpc) is 3.03. The SMILES string of the molecule is Cn1cc(C(=O)N2CCC[C@H]2CO)c2ccccc21. The summed E-state index contributed by atoms with van der Waals surface area (Å²) >= 11 is 0. The smallest absolute Gasteiger partial charge is 0.256 e. The lowest BCUT2D eigenvalue weighted by molar-refractivity contribution is 0.0679. The van der Waals surface area contributed by atoms with Gasteiger partial charge in [-0.05, 0) is 18.9 Å². The molecule has 0 aliphatic carbocycles. The number of carbonyl (C=O) groups is 1. The Labute approximate surface area is 112 Å². The van der Waals surface area contributed by atoms with Crippen molar-refractivity contribution < 1.29 is 9.90 Å². The number of aliphatic hydroxyl groups is 1.